The number of nitrogens with zero attached hydrogens (tertiary/aromatic N) is 1. The average molecular weight is 550 g/mol. The summed E-state index contributed by atoms with van der Waals surface area (Å²) in [6, 6.07) is 7.17. The molecule has 0 heterocycles. The first-order chi connectivity index (χ1) is 18.5. The van der Waals surface area contributed by atoms with E-state index in [1.165, 1.54) is 51.4 Å². The maximum absolute atomic E-state index is 12.4. The van der Waals surface area contributed by atoms with Gasteiger partial charge in [0.05, 0.1) is 0 Å². The van der Waals surface area contributed by atoms with Gasteiger partial charge in [-0.25, -0.2) is 10.3 Å². The molecular weight excluding hydrogens is 498 g/mol. The maximum Gasteiger partial charge on any atom is 0.319 e. The number of hydroxylamine groups is 1. The van der Waals surface area contributed by atoms with Gasteiger partial charge in [-0.05, 0) is 63.1 Å². The molecule has 1 aromatic carbocycles. The molecule has 0 spiro atoms. The first-order valence-corrected chi connectivity index (χ1v) is 15.3. The summed E-state index contributed by atoms with van der Waals surface area (Å²) >= 11 is 6.19. The Morgan fingerprint density at radius 3 is 2.00 bits per heavy atom. The molecule has 216 valence electrons. The highest BCUT2D eigenvalue weighted by atomic mass is 35.5. The number of nitrogens with one attached hydrogen (secondary N) is 1. The number of unbranched alkanes of at least 4 members (excludes halogenated alkanes) is 13. The van der Waals surface area contributed by atoms with Gasteiger partial charge in [-0.15, -0.1) is 0 Å². The fourth-order valence-electron chi connectivity index (χ4n) is 4.90. The minimum Gasteiger partial charge on any atom is -0.351 e. The summed E-state index contributed by atoms with van der Waals surface area (Å²) in [6.45, 7) is 2.20. The Morgan fingerprint density at radius 1 is 0.895 bits per heavy atom. The van der Waals surface area contributed by atoms with E-state index in [0.29, 0.717) is 11.4 Å². The lowest BCUT2D eigenvalue weighted by atomic mass is 9.99. The van der Waals surface area contributed by atoms with E-state index >= 15 is 0 Å². The summed E-state index contributed by atoms with van der Waals surface area (Å²) in [5, 5.41) is 9.08. The summed E-state index contributed by atoms with van der Waals surface area (Å²) < 4.78 is 0. The summed E-state index contributed by atoms with van der Waals surface area (Å²) in [6.07, 6.45) is 25.4. The van der Waals surface area contributed by atoms with E-state index in [1.54, 1.807) is 10.4 Å². The number of hydrogen-bond donors (Lipinski definition) is 3. The second-order valence-corrected chi connectivity index (χ2v) is 10.8. The highest BCUT2D eigenvalue weighted by Gasteiger charge is 2.23. The van der Waals surface area contributed by atoms with Gasteiger partial charge in [0.1, 0.15) is 0 Å². The van der Waals surface area contributed by atoms with Crippen LogP contribution in [0.4, 0.5) is 10.5 Å². The molecule has 38 heavy (non-hydrogen) atoms. The maximum atomic E-state index is 12.4. The largest absolute Gasteiger partial charge is 0.351 e. The van der Waals surface area contributed by atoms with Crippen LogP contribution in [0.5, 0.6) is 0 Å². The zero-order valence-corrected chi connectivity index (χ0v) is 24.4. The van der Waals surface area contributed by atoms with Crippen molar-refractivity contribution in [3.8, 4) is 0 Å². The SMILES string of the molecule is CCCCCC(CCCCCCCC/C=C\CCCCCCCC(=O)NO)N(C(N)=O)c1cccc(Cl)c1. The minimum absolute atomic E-state index is 0.121. The predicted molar refractivity (Wildman–Crippen MR) is 160 cm³/mol. The number of halogens is 1. The average Bonchev–Trinajstić information content (AvgIpc) is 2.90. The van der Waals surface area contributed by atoms with Crippen molar-refractivity contribution in [2.75, 3.05) is 4.90 Å². The first kappa shape index (κ1) is 34.0. The molecule has 0 aliphatic heterocycles. The quantitative estimate of drug-likeness (QED) is 0.0549. The number of urea groups is 1. The van der Waals surface area contributed by atoms with Crippen LogP contribution in [0.2, 0.25) is 5.02 Å². The Hall–Kier alpha value is -2.05. The van der Waals surface area contributed by atoms with E-state index in [0.717, 1.165) is 69.9 Å². The lowest BCUT2D eigenvalue weighted by Crippen LogP contribution is -2.44. The van der Waals surface area contributed by atoms with Gasteiger partial charge in [0, 0.05) is 23.2 Å². The summed E-state index contributed by atoms with van der Waals surface area (Å²) in [4.78, 5) is 25.1. The van der Waals surface area contributed by atoms with Crippen molar-refractivity contribution in [1.82, 2.24) is 5.48 Å². The number of carbonyl (C=O) groups excluding carboxylic acids is 2. The molecule has 0 radical (unpaired) electrons. The molecule has 3 amide bonds. The molecule has 0 aromatic heterocycles. The highest BCUT2D eigenvalue weighted by Crippen LogP contribution is 2.26. The Balaban J connectivity index is 2.17. The van der Waals surface area contributed by atoms with Crippen LogP contribution in [-0.2, 0) is 4.79 Å². The number of carbonyl (C=O) groups is 2. The number of nitrogens with two attached hydrogens (primary N) is 1. The van der Waals surface area contributed by atoms with Gasteiger partial charge < -0.3 is 5.73 Å². The smallest absolute Gasteiger partial charge is 0.319 e. The van der Waals surface area contributed by atoms with E-state index in [2.05, 4.69) is 19.1 Å². The Kier molecular flexibility index (Phi) is 20.5. The molecule has 0 fully saturated rings. The second kappa shape index (κ2) is 22.9. The molecule has 1 unspecified atom stereocenters. The van der Waals surface area contributed by atoms with Crippen LogP contribution in [0.1, 0.15) is 129 Å². The van der Waals surface area contributed by atoms with E-state index < -0.39 is 6.03 Å². The van der Waals surface area contributed by atoms with Crippen LogP contribution >= 0.6 is 11.6 Å². The third kappa shape index (κ3) is 16.7. The van der Waals surface area contributed by atoms with Gasteiger partial charge in [-0.3, -0.25) is 14.9 Å². The fourth-order valence-corrected chi connectivity index (χ4v) is 5.08. The Bertz CT molecular complexity index is 787. The molecule has 0 bridgehead atoms. The van der Waals surface area contributed by atoms with Crippen molar-refractivity contribution >= 4 is 29.2 Å². The number of rotatable bonds is 23. The van der Waals surface area contributed by atoms with Crippen LogP contribution < -0.4 is 16.1 Å². The van der Waals surface area contributed by atoms with Crippen LogP contribution in [0, 0.1) is 0 Å². The lowest BCUT2D eigenvalue weighted by molar-refractivity contribution is -0.129. The monoisotopic (exact) mass is 549 g/mol. The predicted octanol–water partition coefficient (Wildman–Crippen LogP) is 9.09. The summed E-state index contributed by atoms with van der Waals surface area (Å²) in [5.74, 6) is -0.291. The third-order valence-corrected chi connectivity index (χ3v) is 7.29. The van der Waals surface area contributed by atoms with E-state index in [4.69, 9.17) is 22.5 Å². The van der Waals surface area contributed by atoms with Crippen LogP contribution in [0.15, 0.2) is 36.4 Å². The van der Waals surface area contributed by atoms with E-state index in [1.807, 2.05) is 24.3 Å². The normalized spacial score (nSPS) is 12.1. The van der Waals surface area contributed by atoms with Crippen molar-refractivity contribution in [3.63, 3.8) is 0 Å². The zero-order valence-electron chi connectivity index (χ0n) is 23.6. The highest BCUT2D eigenvalue weighted by molar-refractivity contribution is 6.30. The molecule has 0 saturated carbocycles. The number of anilines is 1. The third-order valence-electron chi connectivity index (χ3n) is 7.05. The van der Waals surface area contributed by atoms with Gasteiger partial charge in [0.2, 0.25) is 5.91 Å². The molecule has 1 rings (SSSR count). The van der Waals surface area contributed by atoms with Crippen LogP contribution in [0.3, 0.4) is 0 Å². The van der Waals surface area contributed by atoms with Gasteiger partial charge >= 0.3 is 6.03 Å². The van der Waals surface area contributed by atoms with Crippen molar-refractivity contribution in [1.29, 1.82) is 0 Å². The second-order valence-electron chi connectivity index (χ2n) is 10.3. The molecule has 0 aliphatic rings. The van der Waals surface area contributed by atoms with Crippen molar-refractivity contribution in [3.05, 3.63) is 41.4 Å². The van der Waals surface area contributed by atoms with Gasteiger partial charge in [0.15, 0.2) is 0 Å². The van der Waals surface area contributed by atoms with Crippen LogP contribution in [0.25, 0.3) is 0 Å². The summed E-state index contributed by atoms with van der Waals surface area (Å²) in [5.41, 5.74) is 8.29. The van der Waals surface area contributed by atoms with Crippen molar-refractivity contribution in [2.24, 2.45) is 5.73 Å². The summed E-state index contributed by atoms with van der Waals surface area (Å²) in [7, 11) is 0. The number of amides is 3. The van der Waals surface area contributed by atoms with Crippen molar-refractivity contribution in [2.45, 2.75) is 135 Å². The molecule has 7 heteroatoms. The Morgan fingerprint density at radius 2 is 1.45 bits per heavy atom. The molecular formula is C31H52ClN3O3. The first-order valence-electron chi connectivity index (χ1n) is 14.9. The fraction of sp³-hybridized carbons (Fsp3) is 0.677. The Labute approximate surface area is 236 Å². The standard InChI is InChI=1S/C31H52ClN3O3/c1-2-3-17-22-28(35(31(33)37)29-24-20-21-27(32)26-29)23-18-15-13-11-9-7-5-4-6-8-10-12-14-16-19-25-30(36)34-38/h4,6,20-21,24,26,28,38H,2-3,5,7-19,22-23,25H2,1H3,(H2,33,37)(H,34,36)/b6-4-. The molecule has 1 aromatic rings. The molecule has 0 saturated heterocycles. The number of primary amides is 1. The van der Waals surface area contributed by atoms with Gasteiger partial charge in [-0.2, -0.15) is 0 Å². The number of benzene rings is 1. The minimum atomic E-state index is -0.397. The van der Waals surface area contributed by atoms with Crippen LogP contribution in [-0.4, -0.2) is 23.2 Å². The van der Waals surface area contributed by atoms with Gasteiger partial charge in [-0.1, -0.05) is 107 Å². The van der Waals surface area contributed by atoms with E-state index in [-0.39, 0.29) is 11.9 Å². The number of hydrogen-bond acceptors (Lipinski definition) is 3. The molecule has 0 aliphatic carbocycles. The molecule has 1 atom stereocenters. The lowest BCUT2D eigenvalue weighted by Gasteiger charge is -2.31. The zero-order chi connectivity index (χ0) is 27.8. The molecule has 6 nitrogen and oxygen atoms in total. The van der Waals surface area contributed by atoms with E-state index in [9.17, 15) is 9.59 Å². The van der Waals surface area contributed by atoms with Gasteiger partial charge in [0.25, 0.3) is 0 Å². The molecule has 4 N–H and O–H groups in total. The van der Waals surface area contributed by atoms with Crippen molar-refractivity contribution < 1.29 is 14.8 Å². The topological polar surface area (TPSA) is 95.7 Å². The number of allylic oxidation sites excluding steroid dienone is 2.